The second-order valence-electron chi connectivity index (χ2n) is 5.17. The lowest BCUT2D eigenvalue weighted by molar-refractivity contribution is 0.185. The molecule has 2 N–H and O–H groups in total. The molecule has 118 valence electrons. The number of rotatable bonds is 8. The number of anilines is 1. The summed E-state index contributed by atoms with van der Waals surface area (Å²) in [6.45, 7) is 0.557. The topological polar surface area (TPSA) is 50.7 Å². The summed E-state index contributed by atoms with van der Waals surface area (Å²) in [5, 5.41) is 12.9. The Balaban J connectivity index is 2.10. The van der Waals surface area contributed by atoms with Gasteiger partial charge in [0.25, 0.3) is 0 Å². The van der Waals surface area contributed by atoms with Crippen molar-refractivity contribution in [3.05, 3.63) is 59.7 Å². The Bertz CT molecular complexity index is 572. The third-order valence-corrected chi connectivity index (χ3v) is 3.51. The van der Waals surface area contributed by atoms with Crippen LogP contribution in [0.5, 0.6) is 5.75 Å². The molecule has 0 aromatic heterocycles. The summed E-state index contributed by atoms with van der Waals surface area (Å²) >= 11 is 0. The van der Waals surface area contributed by atoms with E-state index in [0.717, 1.165) is 17.7 Å². The Labute approximate surface area is 131 Å². The molecule has 0 aliphatic carbocycles. The fourth-order valence-electron chi connectivity index (χ4n) is 2.48. The first-order valence-corrected chi connectivity index (χ1v) is 7.34. The van der Waals surface area contributed by atoms with E-state index in [2.05, 4.69) is 17.4 Å². The number of hydrogen-bond donors (Lipinski definition) is 2. The number of methoxy groups -OCH3 is 2. The van der Waals surface area contributed by atoms with Gasteiger partial charge in [0.15, 0.2) is 0 Å². The molecule has 4 nitrogen and oxygen atoms in total. The van der Waals surface area contributed by atoms with Crippen LogP contribution in [0.1, 0.15) is 11.1 Å². The number of hydrogen-bond acceptors (Lipinski definition) is 4. The smallest absolute Gasteiger partial charge is 0.124 e. The van der Waals surface area contributed by atoms with Crippen molar-refractivity contribution in [1.29, 1.82) is 0 Å². The maximum absolute atomic E-state index is 9.41. The average molecular weight is 301 g/mol. The van der Waals surface area contributed by atoms with Crippen molar-refractivity contribution < 1.29 is 14.6 Å². The fourth-order valence-corrected chi connectivity index (χ4v) is 2.48. The monoisotopic (exact) mass is 301 g/mol. The Hall–Kier alpha value is -2.04. The molecule has 1 unspecified atom stereocenters. The van der Waals surface area contributed by atoms with Crippen LogP contribution >= 0.6 is 0 Å². The zero-order valence-electron chi connectivity index (χ0n) is 13.1. The Morgan fingerprint density at radius 2 is 1.86 bits per heavy atom. The highest BCUT2D eigenvalue weighted by Gasteiger charge is 2.11. The van der Waals surface area contributed by atoms with Crippen LogP contribution in [-0.2, 0) is 17.8 Å². The highest BCUT2D eigenvalue weighted by molar-refractivity contribution is 5.51. The first kappa shape index (κ1) is 16.3. The summed E-state index contributed by atoms with van der Waals surface area (Å²) in [5.41, 5.74) is 2.97. The van der Waals surface area contributed by atoms with E-state index in [0.29, 0.717) is 12.4 Å². The van der Waals surface area contributed by atoms with E-state index in [1.54, 1.807) is 14.2 Å². The van der Waals surface area contributed by atoms with E-state index >= 15 is 0 Å². The molecule has 0 bridgehead atoms. The van der Waals surface area contributed by atoms with E-state index < -0.39 is 0 Å². The molecule has 0 fully saturated rings. The zero-order valence-corrected chi connectivity index (χ0v) is 13.1. The minimum Gasteiger partial charge on any atom is -0.496 e. The van der Waals surface area contributed by atoms with Crippen LogP contribution in [0.25, 0.3) is 0 Å². The number of nitrogens with one attached hydrogen (secondary N) is 1. The molecule has 0 aliphatic rings. The predicted molar refractivity (Wildman–Crippen MR) is 88.3 cm³/mol. The summed E-state index contributed by atoms with van der Waals surface area (Å²) in [4.78, 5) is 0. The molecule has 0 amide bonds. The number of aliphatic hydroxyl groups excluding tert-OH is 1. The molecule has 0 saturated carbocycles. The van der Waals surface area contributed by atoms with Crippen molar-refractivity contribution in [2.24, 2.45) is 0 Å². The molecule has 22 heavy (non-hydrogen) atoms. The number of ether oxygens (including phenoxy) is 2. The van der Waals surface area contributed by atoms with Crippen molar-refractivity contribution in [3.8, 4) is 5.75 Å². The van der Waals surface area contributed by atoms with Crippen molar-refractivity contribution in [2.45, 2.75) is 19.1 Å². The summed E-state index contributed by atoms with van der Waals surface area (Å²) in [7, 11) is 3.30. The first-order chi connectivity index (χ1) is 10.8. The van der Waals surface area contributed by atoms with Gasteiger partial charge in [-0.25, -0.2) is 0 Å². The van der Waals surface area contributed by atoms with Crippen molar-refractivity contribution in [1.82, 2.24) is 0 Å². The third-order valence-electron chi connectivity index (χ3n) is 3.51. The van der Waals surface area contributed by atoms with Crippen LogP contribution in [0.2, 0.25) is 0 Å². The van der Waals surface area contributed by atoms with E-state index in [-0.39, 0.29) is 12.6 Å². The summed E-state index contributed by atoms with van der Waals surface area (Å²) in [6.07, 6.45) is 0.870. The summed E-state index contributed by atoms with van der Waals surface area (Å²) < 4.78 is 10.5. The molecular weight excluding hydrogens is 278 g/mol. The van der Waals surface area contributed by atoms with Gasteiger partial charge < -0.3 is 19.9 Å². The van der Waals surface area contributed by atoms with Gasteiger partial charge in [-0.05, 0) is 30.2 Å². The average Bonchev–Trinajstić information content (AvgIpc) is 2.56. The van der Waals surface area contributed by atoms with Crippen LogP contribution in [0, 0.1) is 0 Å². The summed E-state index contributed by atoms with van der Waals surface area (Å²) in [6, 6.07) is 16.2. The molecule has 4 heteroatoms. The Kier molecular flexibility index (Phi) is 6.25. The van der Waals surface area contributed by atoms with Crippen LogP contribution in [-0.4, -0.2) is 32.0 Å². The van der Waals surface area contributed by atoms with Crippen molar-refractivity contribution >= 4 is 5.69 Å². The van der Waals surface area contributed by atoms with Crippen LogP contribution < -0.4 is 10.1 Å². The highest BCUT2D eigenvalue weighted by atomic mass is 16.5. The van der Waals surface area contributed by atoms with Gasteiger partial charge in [-0.15, -0.1) is 0 Å². The van der Waals surface area contributed by atoms with Crippen molar-refractivity contribution in [3.63, 3.8) is 0 Å². The molecule has 0 spiro atoms. The molecular formula is C18H23NO3. The summed E-state index contributed by atoms with van der Waals surface area (Å²) in [5.74, 6) is 0.694. The third kappa shape index (κ3) is 4.48. The van der Waals surface area contributed by atoms with Crippen LogP contribution in [0.3, 0.4) is 0 Å². The van der Waals surface area contributed by atoms with E-state index in [1.807, 2.05) is 36.4 Å². The molecule has 0 aliphatic heterocycles. The van der Waals surface area contributed by atoms with Gasteiger partial charge in [-0.3, -0.25) is 0 Å². The Morgan fingerprint density at radius 1 is 1.09 bits per heavy atom. The minimum atomic E-state index is -0.0493. The van der Waals surface area contributed by atoms with Gasteiger partial charge in [-0.1, -0.05) is 30.3 Å². The SMILES string of the molecule is COCC(Cc1ccccc1)Nc1ccc(OC)c(CO)c1. The zero-order chi connectivity index (χ0) is 15.8. The van der Waals surface area contributed by atoms with Crippen molar-refractivity contribution in [2.75, 3.05) is 26.1 Å². The van der Waals surface area contributed by atoms with E-state index in [1.165, 1.54) is 5.56 Å². The molecule has 1 atom stereocenters. The predicted octanol–water partition coefficient (Wildman–Crippen LogP) is 2.86. The van der Waals surface area contributed by atoms with Gasteiger partial charge in [0.05, 0.1) is 26.4 Å². The van der Waals surface area contributed by atoms with E-state index in [4.69, 9.17) is 9.47 Å². The molecule has 0 radical (unpaired) electrons. The largest absolute Gasteiger partial charge is 0.496 e. The normalized spacial score (nSPS) is 12.0. The molecule has 0 heterocycles. The van der Waals surface area contributed by atoms with Gasteiger partial charge in [-0.2, -0.15) is 0 Å². The van der Waals surface area contributed by atoms with E-state index in [9.17, 15) is 5.11 Å². The quantitative estimate of drug-likeness (QED) is 0.787. The standard InChI is InChI=1S/C18H23NO3/c1-21-13-17(10-14-6-4-3-5-7-14)19-16-8-9-18(22-2)15(11-16)12-20/h3-9,11,17,19-20H,10,12-13H2,1-2H3. The Morgan fingerprint density at radius 3 is 2.50 bits per heavy atom. The first-order valence-electron chi connectivity index (χ1n) is 7.34. The number of benzene rings is 2. The fraction of sp³-hybridized carbons (Fsp3) is 0.333. The van der Waals surface area contributed by atoms with Gasteiger partial charge in [0.2, 0.25) is 0 Å². The van der Waals surface area contributed by atoms with Gasteiger partial charge >= 0.3 is 0 Å². The highest BCUT2D eigenvalue weighted by Crippen LogP contribution is 2.23. The molecule has 0 saturated heterocycles. The van der Waals surface area contributed by atoms with Crippen LogP contribution in [0.4, 0.5) is 5.69 Å². The number of aliphatic hydroxyl groups is 1. The maximum Gasteiger partial charge on any atom is 0.124 e. The lowest BCUT2D eigenvalue weighted by Gasteiger charge is -2.20. The lowest BCUT2D eigenvalue weighted by Crippen LogP contribution is -2.27. The maximum atomic E-state index is 9.41. The minimum absolute atomic E-state index is 0.0493. The van der Waals surface area contributed by atoms with Gasteiger partial charge in [0.1, 0.15) is 5.75 Å². The van der Waals surface area contributed by atoms with Gasteiger partial charge in [0, 0.05) is 18.4 Å². The molecule has 2 rings (SSSR count). The lowest BCUT2D eigenvalue weighted by atomic mass is 10.1. The molecule has 2 aromatic carbocycles. The van der Waals surface area contributed by atoms with Crippen LogP contribution in [0.15, 0.2) is 48.5 Å². The second kappa shape index (κ2) is 8.41. The second-order valence-corrected chi connectivity index (χ2v) is 5.17. The molecule has 2 aromatic rings.